The summed E-state index contributed by atoms with van der Waals surface area (Å²) in [5.41, 5.74) is 4.75. The predicted octanol–water partition coefficient (Wildman–Crippen LogP) is 1.41. The largest absolute Gasteiger partial charge is 0.476 e. The predicted molar refractivity (Wildman–Crippen MR) is 121 cm³/mol. The van der Waals surface area contributed by atoms with Gasteiger partial charge in [-0.05, 0) is 31.0 Å². The Kier molecular flexibility index (Phi) is 5.51. The van der Waals surface area contributed by atoms with Crippen LogP contribution >= 0.6 is 0 Å². The van der Waals surface area contributed by atoms with Crippen molar-refractivity contribution in [2.24, 2.45) is 0 Å². The number of hydrogen-bond donors (Lipinski definition) is 0. The minimum Gasteiger partial charge on any atom is -0.476 e. The van der Waals surface area contributed by atoms with E-state index in [1.165, 1.54) is 6.26 Å². The summed E-state index contributed by atoms with van der Waals surface area (Å²) in [6, 6.07) is 7.74. The number of hydrogen-bond acceptors (Lipinski definition) is 7. The van der Waals surface area contributed by atoms with Gasteiger partial charge in [0.1, 0.15) is 12.7 Å². The Bertz CT molecular complexity index is 1190. The Morgan fingerprint density at radius 3 is 2.72 bits per heavy atom. The molecule has 8 nitrogen and oxygen atoms in total. The van der Waals surface area contributed by atoms with Crippen LogP contribution in [-0.2, 0) is 32.3 Å². The first-order chi connectivity index (χ1) is 15.3. The molecule has 0 radical (unpaired) electrons. The lowest BCUT2D eigenvalue weighted by Gasteiger charge is -2.40. The van der Waals surface area contributed by atoms with Crippen LogP contribution in [0.4, 0.5) is 5.69 Å². The van der Waals surface area contributed by atoms with Crippen LogP contribution in [0.25, 0.3) is 11.3 Å². The molecule has 2 saturated heterocycles. The van der Waals surface area contributed by atoms with E-state index in [0.29, 0.717) is 57.5 Å². The second-order valence-corrected chi connectivity index (χ2v) is 11.1. The molecule has 0 bridgehead atoms. The number of ether oxygens (including phenoxy) is 3. The van der Waals surface area contributed by atoms with Crippen LogP contribution in [0.5, 0.6) is 5.88 Å². The monoisotopic (exact) mass is 460 g/mol. The summed E-state index contributed by atoms with van der Waals surface area (Å²) in [4.78, 5) is 14.8. The van der Waals surface area contributed by atoms with E-state index in [-0.39, 0.29) is 16.8 Å². The number of anilines is 1. The summed E-state index contributed by atoms with van der Waals surface area (Å²) in [5, 5.41) is -0.293. The minimum atomic E-state index is -3.00. The molecule has 1 aromatic carbocycles. The number of benzene rings is 1. The van der Waals surface area contributed by atoms with E-state index in [4.69, 9.17) is 14.2 Å². The average Bonchev–Trinajstić information content (AvgIpc) is 2.73. The summed E-state index contributed by atoms with van der Waals surface area (Å²) < 4.78 is 42.6. The molecule has 0 aliphatic carbocycles. The first-order valence-corrected chi connectivity index (χ1v) is 12.9. The van der Waals surface area contributed by atoms with E-state index in [0.717, 1.165) is 28.9 Å². The van der Waals surface area contributed by atoms with Gasteiger partial charge >= 0.3 is 0 Å². The fourth-order valence-corrected chi connectivity index (χ4v) is 5.50. The maximum absolute atomic E-state index is 12.7. The molecule has 3 aliphatic heterocycles. The Hall–Kier alpha value is -2.36. The maximum Gasteiger partial charge on any atom is 0.197 e. The number of aromatic nitrogens is 1. The van der Waals surface area contributed by atoms with Crippen LogP contribution in [0.15, 0.2) is 29.1 Å². The molecule has 1 atom stereocenters. The zero-order valence-electron chi connectivity index (χ0n) is 18.4. The zero-order chi connectivity index (χ0) is 22.5. The molecule has 172 valence electrons. The molecule has 3 aliphatic rings. The molecule has 0 amide bonds. The molecule has 2 fully saturated rings. The molecule has 0 N–H and O–H groups in total. The summed E-state index contributed by atoms with van der Waals surface area (Å²) in [6.07, 6.45) is 1.97. The highest BCUT2D eigenvalue weighted by molar-refractivity contribution is 7.91. The van der Waals surface area contributed by atoms with Crippen molar-refractivity contribution in [3.05, 3.63) is 45.6 Å². The van der Waals surface area contributed by atoms with Gasteiger partial charge in [0, 0.05) is 48.8 Å². The fraction of sp³-hybridized carbons (Fsp3) is 0.522. The van der Waals surface area contributed by atoms with E-state index in [2.05, 4.69) is 15.5 Å². The standard InChI is InChI=1S/C23H28N2O6S/c1-15-21(26)10-22(31-14-18-13-29-7-8-30-18)25-6-5-16-9-17(3-4-20(16)23(15)25)24-11-19(12-24)32(2,27)28/h3-4,9-10,18-19H,5-8,11-14H2,1-2H3/t18-/m0/s1. The lowest BCUT2D eigenvalue weighted by molar-refractivity contribution is -0.102. The Labute approximate surface area is 187 Å². The van der Waals surface area contributed by atoms with Gasteiger partial charge in [0.15, 0.2) is 21.1 Å². The SMILES string of the molecule is Cc1c2n(c(OC[C@@H]3COCCO3)cc1=O)CCc1cc(N3CC(S(C)(=O)=O)C3)ccc1-2. The van der Waals surface area contributed by atoms with Crippen molar-refractivity contribution in [1.29, 1.82) is 0 Å². The Balaban J connectivity index is 1.42. The van der Waals surface area contributed by atoms with Crippen molar-refractivity contribution in [3.8, 4) is 17.1 Å². The third-order valence-corrected chi connectivity index (χ3v) is 8.09. The lowest BCUT2D eigenvalue weighted by atomic mass is 9.93. The molecule has 5 rings (SSSR count). The molecule has 2 aromatic rings. The van der Waals surface area contributed by atoms with Gasteiger partial charge in [0.2, 0.25) is 0 Å². The van der Waals surface area contributed by atoms with Crippen molar-refractivity contribution >= 4 is 15.5 Å². The number of nitrogens with zero attached hydrogens (tertiary/aromatic N) is 2. The highest BCUT2D eigenvalue weighted by atomic mass is 32.2. The van der Waals surface area contributed by atoms with E-state index < -0.39 is 9.84 Å². The van der Waals surface area contributed by atoms with Gasteiger partial charge in [-0.25, -0.2) is 8.42 Å². The van der Waals surface area contributed by atoms with Gasteiger partial charge in [0.05, 0.1) is 30.8 Å². The van der Waals surface area contributed by atoms with Crippen LogP contribution in [0.1, 0.15) is 11.1 Å². The van der Waals surface area contributed by atoms with Gasteiger partial charge < -0.3 is 23.7 Å². The normalized spacial score (nSPS) is 20.9. The van der Waals surface area contributed by atoms with E-state index >= 15 is 0 Å². The van der Waals surface area contributed by atoms with Crippen molar-refractivity contribution in [2.75, 3.05) is 50.7 Å². The molecule has 0 spiro atoms. The van der Waals surface area contributed by atoms with Crippen molar-refractivity contribution in [3.63, 3.8) is 0 Å². The van der Waals surface area contributed by atoms with E-state index in [9.17, 15) is 13.2 Å². The van der Waals surface area contributed by atoms with Gasteiger partial charge in [-0.2, -0.15) is 0 Å². The third-order valence-electron chi connectivity index (χ3n) is 6.58. The summed E-state index contributed by atoms with van der Waals surface area (Å²) in [7, 11) is -3.00. The van der Waals surface area contributed by atoms with E-state index in [1.807, 2.05) is 19.1 Å². The Morgan fingerprint density at radius 2 is 2.00 bits per heavy atom. The van der Waals surface area contributed by atoms with Gasteiger partial charge in [-0.1, -0.05) is 6.07 Å². The number of rotatable bonds is 5. The first kappa shape index (κ1) is 21.5. The van der Waals surface area contributed by atoms with Crippen LogP contribution in [0.2, 0.25) is 0 Å². The summed E-state index contributed by atoms with van der Waals surface area (Å²) >= 11 is 0. The molecule has 1 aromatic heterocycles. The van der Waals surface area contributed by atoms with Crippen molar-refractivity contribution < 1.29 is 22.6 Å². The lowest BCUT2D eigenvalue weighted by Crippen LogP contribution is -2.54. The average molecular weight is 461 g/mol. The van der Waals surface area contributed by atoms with Crippen molar-refractivity contribution in [1.82, 2.24) is 4.57 Å². The molecular formula is C23H28N2O6S. The van der Waals surface area contributed by atoms with Crippen LogP contribution in [-0.4, -0.2) is 70.1 Å². The topological polar surface area (TPSA) is 87.1 Å². The Morgan fingerprint density at radius 1 is 1.19 bits per heavy atom. The molecule has 4 heterocycles. The third kappa shape index (κ3) is 3.93. The second-order valence-electron chi connectivity index (χ2n) is 8.80. The first-order valence-electron chi connectivity index (χ1n) is 10.9. The number of sulfone groups is 1. The van der Waals surface area contributed by atoms with Gasteiger partial charge in [-0.3, -0.25) is 4.79 Å². The van der Waals surface area contributed by atoms with Gasteiger partial charge in [-0.15, -0.1) is 0 Å². The van der Waals surface area contributed by atoms with E-state index in [1.54, 1.807) is 6.07 Å². The van der Waals surface area contributed by atoms with Crippen LogP contribution < -0.4 is 15.1 Å². The molecular weight excluding hydrogens is 432 g/mol. The smallest absolute Gasteiger partial charge is 0.197 e. The number of pyridine rings is 1. The van der Waals surface area contributed by atoms with Crippen LogP contribution in [0.3, 0.4) is 0 Å². The highest BCUT2D eigenvalue weighted by Crippen LogP contribution is 2.37. The summed E-state index contributed by atoms with van der Waals surface area (Å²) in [5.74, 6) is 0.554. The molecule has 32 heavy (non-hydrogen) atoms. The molecule has 0 saturated carbocycles. The number of fused-ring (bicyclic) bond motifs is 3. The zero-order valence-corrected chi connectivity index (χ0v) is 19.2. The summed E-state index contributed by atoms with van der Waals surface area (Å²) in [6.45, 7) is 5.59. The quantitative estimate of drug-likeness (QED) is 0.667. The number of aryl methyl sites for hydroxylation is 1. The second kappa shape index (κ2) is 8.20. The minimum absolute atomic E-state index is 0.0530. The van der Waals surface area contributed by atoms with Crippen LogP contribution in [0, 0.1) is 6.92 Å². The fourth-order valence-electron chi connectivity index (χ4n) is 4.59. The van der Waals surface area contributed by atoms with Crippen molar-refractivity contribution in [2.45, 2.75) is 31.2 Å². The highest BCUT2D eigenvalue weighted by Gasteiger charge is 2.35. The molecule has 0 unspecified atom stereocenters. The molecule has 9 heteroatoms. The maximum atomic E-state index is 12.7. The van der Waals surface area contributed by atoms with Gasteiger partial charge in [0.25, 0.3) is 0 Å².